The zero-order valence-electron chi connectivity index (χ0n) is 17.7. The Morgan fingerprint density at radius 3 is 2.74 bits per heavy atom. The number of fused-ring (bicyclic) bond motifs is 1. The lowest BCUT2D eigenvalue weighted by atomic mass is 10.1. The van der Waals surface area contributed by atoms with Crippen LogP contribution in [0.3, 0.4) is 0 Å². The summed E-state index contributed by atoms with van der Waals surface area (Å²) in [5, 5.41) is 16.2. The largest absolute Gasteiger partial charge is 0.475 e. The minimum atomic E-state index is -0.343. The molecule has 0 saturated carbocycles. The Morgan fingerprint density at radius 1 is 1.19 bits per heavy atom. The molecular formula is C22H23FN6O2. The van der Waals surface area contributed by atoms with Crippen LogP contribution in [0.25, 0.3) is 5.69 Å². The fraction of sp³-hybridized carbons (Fsp3) is 0.318. The number of halogens is 1. The van der Waals surface area contributed by atoms with Crippen LogP contribution in [0.5, 0.6) is 0 Å². The first-order chi connectivity index (χ1) is 15.0. The number of aryl methyl sites for hydroxylation is 3. The molecule has 0 fully saturated rings. The smallest absolute Gasteiger partial charge is 0.368 e. The zero-order chi connectivity index (χ0) is 22.0. The highest BCUT2D eigenvalue weighted by atomic mass is 19.1. The summed E-state index contributed by atoms with van der Waals surface area (Å²) in [7, 11) is 1.54. The van der Waals surface area contributed by atoms with Crippen LogP contribution < -0.4 is 5.69 Å². The molecule has 9 heteroatoms. The molecule has 8 nitrogen and oxygen atoms in total. The summed E-state index contributed by atoms with van der Waals surface area (Å²) < 4.78 is 22.5. The zero-order valence-corrected chi connectivity index (χ0v) is 17.7. The molecule has 0 unspecified atom stereocenters. The van der Waals surface area contributed by atoms with E-state index in [1.54, 1.807) is 19.2 Å². The van der Waals surface area contributed by atoms with Gasteiger partial charge in [0.25, 0.3) is 0 Å². The molecule has 1 heterocycles. The second-order valence-electron chi connectivity index (χ2n) is 7.33. The van der Waals surface area contributed by atoms with Gasteiger partial charge in [0.2, 0.25) is 5.90 Å². The van der Waals surface area contributed by atoms with E-state index in [2.05, 4.69) is 20.6 Å². The maximum atomic E-state index is 14.2. The van der Waals surface area contributed by atoms with Crippen molar-refractivity contribution in [2.24, 2.45) is 17.3 Å². The van der Waals surface area contributed by atoms with Crippen molar-refractivity contribution < 1.29 is 9.13 Å². The Bertz CT molecular complexity index is 1240. The summed E-state index contributed by atoms with van der Waals surface area (Å²) in [5.41, 5.74) is 4.14. The van der Waals surface area contributed by atoms with Crippen LogP contribution in [0.4, 0.5) is 4.39 Å². The average molecular weight is 422 g/mol. The first-order valence-electron chi connectivity index (χ1n) is 10.1. The third-order valence-electron chi connectivity index (χ3n) is 5.32. The van der Waals surface area contributed by atoms with Crippen LogP contribution in [0.2, 0.25) is 0 Å². The van der Waals surface area contributed by atoms with Gasteiger partial charge in [-0.2, -0.15) is 14.5 Å². The quantitative estimate of drug-likeness (QED) is 0.359. The molecule has 0 N–H and O–H groups in total. The molecule has 2 aromatic carbocycles. The lowest BCUT2D eigenvalue weighted by Gasteiger charge is -2.13. The Morgan fingerprint density at radius 2 is 2.00 bits per heavy atom. The third kappa shape index (κ3) is 4.03. The molecule has 0 spiro atoms. The minimum Gasteiger partial charge on any atom is -0.475 e. The van der Waals surface area contributed by atoms with Gasteiger partial charge in [-0.25, -0.2) is 9.18 Å². The number of benzene rings is 2. The standard InChI is InChI=1S/C22H23FN6O2/c1-4-20(25-24-18-12-11-15-8-6-9-17(23)21(15)18)31-13-16-14(2)7-5-10-19(16)29-22(30)28(3)26-27-29/h5-10H,4,11-13H2,1-3H3. The molecule has 0 aliphatic heterocycles. The number of hydrogen-bond donors (Lipinski definition) is 0. The predicted molar refractivity (Wildman–Crippen MR) is 115 cm³/mol. The normalized spacial score (nSPS) is 14.8. The highest BCUT2D eigenvalue weighted by Gasteiger charge is 2.21. The van der Waals surface area contributed by atoms with Gasteiger partial charge in [-0.3, -0.25) is 0 Å². The topological polar surface area (TPSA) is 86.7 Å². The van der Waals surface area contributed by atoms with E-state index >= 15 is 0 Å². The fourth-order valence-corrected chi connectivity index (χ4v) is 3.59. The maximum Gasteiger partial charge on any atom is 0.368 e. The summed E-state index contributed by atoms with van der Waals surface area (Å²) >= 11 is 0. The molecule has 0 saturated heterocycles. The van der Waals surface area contributed by atoms with Gasteiger partial charge in [-0.1, -0.05) is 31.2 Å². The summed E-state index contributed by atoms with van der Waals surface area (Å²) in [4.78, 5) is 12.3. The molecule has 0 bridgehead atoms. The highest BCUT2D eigenvalue weighted by molar-refractivity contribution is 6.04. The molecule has 0 amide bonds. The van der Waals surface area contributed by atoms with Crippen molar-refractivity contribution in [2.45, 2.75) is 39.7 Å². The van der Waals surface area contributed by atoms with Crippen LogP contribution in [0.15, 0.2) is 51.4 Å². The molecule has 3 aromatic rings. The van der Waals surface area contributed by atoms with Crippen molar-refractivity contribution in [1.29, 1.82) is 0 Å². The van der Waals surface area contributed by atoms with Crippen molar-refractivity contribution >= 4 is 11.6 Å². The molecule has 160 valence electrons. The number of aromatic nitrogens is 4. The molecule has 0 radical (unpaired) electrons. The predicted octanol–water partition coefficient (Wildman–Crippen LogP) is 3.09. The van der Waals surface area contributed by atoms with E-state index in [9.17, 15) is 9.18 Å². The summed E-state index contributed by atoms with van der Waals surface area (Å²) in [6.45, 7) is 4.03. The number of ether oxygens (including phenoxy) is 1. The number of tetrazole rings is 1. The maximum absolute atomic E-state index is 14.2. The van der Waals surface area contributed by atoms with E-state index < -0.39 is 0 Å². The van der Waals surface area contributed by atoms with E-state index in [0.717, 1.165) is 23.1 Å². The van der Waals surface area contributed by atoms with Gasteiger partial charge < -0.3 is 4.74 Å². The third-order valence-corrected chi connectivity index (χ3v) is 5.32. The van der Waals surface area contributed by atoms with Crippen molar-refractivity contribution in [3.63, 3.8) is 0 Å². The fourth-order valence-electron chi connectivity index (χ4n) is 3.59. The van der Waals surface area contributed by atoms with Gasteiger partial charge in [-0.05, 0) is 53.5 Å². The monoisotopic (exact) mass is 422 g/mol. The van der Waals surface area contributed by atoms with Gasteiger partial charge in [0.05, 0.1) is 11.4 Å². The second kappa shape index (κ2) is 8.63. The van der Waals surface area contributed by atoms with Crippen LogP contribution in [-0.2, 0) is 24.8 Å². The molecule has 4 rings (SSSR count). The first-order valence-corrected chi connectivity index (χ1v) is 10.1. The lowest BCUT2D eigenvalue weighted by molar-refractivity contribution is 0.282. The first kappa shape index (κ1) is 20.6. The lowest BCUT2D eigenvalue weighted by Crippen LogP contribution is -2.23. The molecule has 1 aromatic heterocycles. The van der Waals surface area contributed by atoms with E-state index in [0.29, 0.717) is 35.7 Å². The van der Waals surface area contributed by atoms with Crippen LogP contribution in [0, 0.1) is 12.7 Å². The van der Waals surface area contributed by atoms with Gasteiger partial charge in [0, 0.05) is 24.6 Å². The van der Waals surface area contributed by atoms with E-state index in [4.69, 9.17) is 4.74 Å². The number of rotatable bonds is 5. The molecule has 1 aliphatic rings. The highest BCUT2D eigenvalue weighted by Crippen LogP contribution is 2.25. The Labute approximate surface area is 178 Å². The van der Waals surface area contributed by atoms with Crippen molar-refractivity contribution in [3.8, 4) is 5.69 Å². The molecule has 1 aliphatic carbocycles. The van der Waals surface area contributed by atoms with Crippen LogP contribution in [-0.4, -0.2) is 31.4 Å². The Balaban J connectivity index is 1.58. The molecule has 0 atom stereocenters. The minimum absolute atomic E-state index is 0.188. The van der Waals surface area contributed by atoms with E-state index in [1.807, 2.05) is 32.0 Å². The summed E-state index contributed by atoms with van der Waals surface area (Å²) in [6, 6.07) is 10.6. The van der Waals surface area contributed by atoms with E-state index in [1.165, 1.54) is 15.4 Å². The summed E-state index contributed by atoms with van der Waals surface area (Å²) in [5.74, 6) is 0.153. The van der Waals surface area contributed by atoms with E-state index in [-0.39, 0.29) is 18.1 Å². The van der Waals surface area contributed by atoms with Gasteiger partial charge >= 0.3 is 5.69 Å². The molecule has 31 heavy (non-hydrogen) atoms. The number of hydrogen-bond acceptors (Lipinski definition) is 6. The van der Waals surface area contributed by atoms with Crippen LogP contribution in [0.1, 0.15) is 42.0 Å². The van der Waals surface area contributed by atoms with Crippen LogP contribution >= 0.6 is 0 Å². The number of nitrogens with zero attached hydrogens (tertiary/aromatic N) is 6. The Kier molecular flexibility index (Phi) is 5.75. The average Bonchev–Trinajstić information content (AvgIpc) is 3.33. The van der Waals surface area contributed by atoms with Gasteiger partial charge in [0.15, 0.2) is 0 Å². The Hall–Kier alpha value is -3.62. The van der Waals surface area contributed by atoms with Crippen molar-refractivity contribution in [1.82, 2.24) is 19.8 Å². The summed E-state index contributed by atoms with van der Waals surface area (Å²) in [6.07, 6.45) is 1.92. The molecular weight excluding hydrogens is 399 g/mol. The van der Waals surface area contributed by atoms with Crippen molar-refractivity contribution in [3.05, 3.63) is 75.0 Å². The van der Waals surface area contributed by atoms with Crippen molar-refractivity contribution in [2.75, 3.05) is 0 Å². The van der Waals surface area contributed by atoms with Gasteiger partial charge in [0.1, 0.15) is 12.4 Å². The SMILES string of the molecule is CCC(=NN=C1CCc2cccc(F)c21)OCc1c(C)cccc1-n1nnn(C)c1=O. The van der Waals surface area contributed by atoms with Gasteiger partial charge in [-0.15, -0.1) is 5.10 Å². The second-order valence-corrected chi connectivity index (χ2v) is 7.33.